The molecule has 1 heterocycles. The fourth-order valence-electron chi connectivity index (χ4n) is 3.97. The molecule has 0 saturated carbocycles. The number of rotatable bonds is 9. The highest BCUT2D eigenvalue weighted by Gasteiger charge is 2.15. The first-order valence-electron chi connectivity index (χ1n) is 11.8. The molecule has 1 N–H and O–H groups in total. The van der Waals surface area contributed by atoms with Crippen LogP contribution in [0.3, 0.4) is 0 Å². The van der Waals surface area contributed by atoms with Crippen LogP contribution in [0.2, 0.25) is 0 Å². The molecule has 1 amide bonds. The molecule has 1 aromatic heterocycles. The molecule has 0 unspecified atom stereocenters. The van der Waals surface area contributed by atoms with Crippen molar-refractivity contribution >= 4 is 26.6 Å². The Balaban J connectivity index is 1.47. The first-order valence-corrected chi connectivity index (χ1v) is 13.5. The molecule has 0 radical (unpaired) electrons. The molecule has 4 aromatic rings. The molecule has 188 valence electrons. The van der Waals surface area contributed by atoms with E-state index in [-0.39, 0.29) is 35.0 Å². The number of aromatic nitrogens is 1. The van der Waals surface area contributed by atoms with Crippen molar-refractivity contribution in [3.05, 3.63) is 95.4 Å². The van der Waals surface area contributed by atoms with Gasteiger partial charge in [0, 0.05) is 34.8 Å². The largest absolute Gasteiger partial charge is 0.491 e. The topological polar surface area (TPSA) is 77.4 Å². The lowest BCUT2D eigenvalue weighted by molar-refractivity contribution is 0.0951. The number of sulfone groups is 1. The highest BCUT2D eigenvalue weighted by atomic mass is 32.2. The number of ether oxygens (including phenoxy) is 1. The Hall–Kier alpha value is -3.65. The van der Waals surface area contributed by atoms with Gasteiger partial charge in [0.2, 0.25) is 0 Å². The van der Waals surface area contributed by atoms with Crippen LogP contribution in [0.15, 0.2) is 77.8 Å². The maximum absolute atomic E-state index is 14.6. The number of halogens is 1. The van der Waals surface area contributed by atoms with Gasteiger partial charge in [-0.3, -0.25) is 4.79 Å². The van der Waals surface area contributed by atoms with E-state index in [1.54, 1.807) is 55.5 Å². The van der Waals surface area contributed by atoms with Gasteiger partial charge in [-0.1, -0.05) is 25.1 Å². The summed E-state index contributed by atoms with van der Waals surface area (Å²) in [6.45, 7) is 5.98. The van der Waals surface area contributed by atoms with Crippen LogP contribution >= 0.6 is 0 Å². The van der Waals surface area contributed by atoms with E-state index < -0.39 is 9.84 Å². The molecule has 36 heavy (non-hydrogen) atoms. The lowest BCUT2D eigenvalue weighted by Gasteiger charge is -2.16. The minimum Gasteiger partial charge on any atom is -0.491 e. The van der Waals surface area contributed by atoms with Crippen molar-refractivity contribution in [2.24, 2.45) is 0 Å². The van der Waals surface area contributed by atoms with Gasteiger partial charge in [-0.25, -0.2) is 12.8 Å². The van der Waals surface area contributed by atoms with Gasteiger partial charge in [0.15, 0.2) is 9.84 Å². The average molecular weight is 509 g/mol. The summed E-state index contributed by atoms with van der Waals surface area (Å²) in [5.41, 5.74) is 2.65. The summed E-state index contributed by atoms with van der Waals surface area (Å²) in [6, 6.07) is 18.6. The number of carbonyl (C=O) groups is 1. The Kier molecular flexibility index (Phi) is 7.45. The van der Waals surface area contributed by atoms with Crippen LogP contribution in [-0.4, -0.2) is 30.7 Å². The van der Waals surface area contributed by atoms with E-state index in [9.17, 15) is 17.6 Å². The van der Waals surface area contributed by atoms with E-state index in [0.717, 1.165) is 16.5 Å². The first-order chi connectivity index (χ1) is 17.2. The number of fused-ring (bicyclic) bond motifs is 1. The third-order valence-electron chi connectivity index (χ3n) is 5.92. The molecule has 6 nitrogen and oxygen atoms in total. The molecular weight excluding hydrogens is 479 g/mol. The number of benzene rings is 3. The quantitative estimate of drug-likeness (QED) is 0.331. The van der Waals surface area contributed by atoms with E-state index in [4.69, 9.17) is 4.74 Å². The Morgan fingerprint density at radius 2 is 1.81 bits per heavy atom. The van der Waals surface area contributed by atoms with Crippen LogP contribution in [0.4, 0.5) is 4.39 Å². The Morgan fingerprint density at radius 3 is 2.50 bits per heavy atom. The summed E-state index contributed by atoms with van der Waals surface area (Å²) >= 11 is 0. The van der Waals surface area contributed by atoms with Gasteiger partial charge in [0.1, 0.15) is 11.6 Å². The molecule has 0 saturated heterocycles. The van der Waals surface area contributed by atoms with Crippen LogP contribution in [0, 0.1) is 5.82 Å². The van der Waals surface area contributed by atoms with Crippen molar-refractivity contribution < 1.29 is 22.3 Å². The molecule has 0 aliphatic carbocycles. The van der Waals surface area contributed by atoms with Gasteiger partial charge in [0.05, 0.1) is 23.3 Å². The van der Waals surface area contributed by atoms with Crippen LogP contribution in [0.1, 0.15) is 42.3 Å². The minimum atomic E-state index is -3.26. The van der Waals surface area contributed by atoms with Crippen LogP contribution in [-0.2, 0) is 22.9 Å². The third kappa shape index (κ3) is 5.60. The molecule has 0 bridgehead atoms. The normalized spacial score (nSPS) is 11.7. The van der Waals surface area contributed by atoms with Crippen molar-refractivity contribution in [2.45, 2.75) is 44.9 Å². The summed E-state index contributed by atoms with van der Waals surface area (Å²) in [6.07, 6.45) is 1.79. The van der Waals surface area contributed by atoms with Gasteiger partial charge in [-0.2, -0.15) is 0 Å². The Labute approximate surface area is 210 Å². The Morgan fingerprint density at radius 1 is 1.06 bits per heavy atom. The molecular formula is C28H29FN2O4S. The second kappa shape index (κ2) is 10.5. The van der Waals surface area contributed by atoms with E-state index in [1.807, 2.05) is 36.7 Å². The lowest BCUT2D eigenvalue weighted by Crippen LogP contribution is -2.22. The molecule has 8 heteroatoms. The van der Waals surface area contributed by atoms with Crippen molar-refractivity contribution in [1.29, 1.82) is 0 Å². The smallest absolute Gasteiger partial charge is 0.251 e. The van der Waals surface area contributed by atoms with E-state index in [2.05, 4.69) is 5.32 Å². The zero-order valence-electron chi connectivity index (χ0n) is 20.5. The van der Waals surface area contributed by atoms with Crippen LogP contribution in [0.25, 0.3) is 10.9 Å². The van der Waals surface area contributed by atoms with Gasteiger partial charge >= 0.3 is 0 Å². The fourth-order valence-corrected chi connectivity index (χ4v) is 4.86. The highest BCUT2D eigenvalue weighted by Crippen LogP contribution is 2.26. The second-order valence-electron chi connectivity index (χ2n) is 8.83. The number of nitrogens with one attached hydrogen (secondary N) is 1. The predicted molar refractivity (Wildman–Crippen MR) is 139 cm³/mol. The number of carbonyl (C=O) groups excluding carboxylic acids is 1. The minimum absolute atomic E-state index is 0.0421. The Bertz CT molecular complexity index is 1490. The summed E-state index contributed by atoms with van der Waals surface area (Å²) in [5.74, 6) is -0.00776. The fraction of sp³-hybridized carbons (Fsp3) is 0.250. The van der Waals surface area contributed by atoms with E-state index in [1.165, 1.54) is 6.07 Å². The summed E-state index contributed by atoms with van der Waals surface area (Å²) < 4.78 is 46.2. The lowest BCUT2D eigenvalue weighted by atomic mass is 10.1. The molecule has 0 aliphatic rings. The number of hydrogen-bond donors (Lipinski definition) is 1. The molecule has 4 rings (SSSR count). The van der Waals surface area contributed by atoms with E-state index in [0.29, 0.717) is 23.4 Å². The zero-order chi connectivity index (χ0) is 25.9. The van der Waals surface area contributed by atoms with Crippen molar-refractivity contribution in [2.75, 3.05) is 5.75 Å². The maximum Gasteiger partial charge on any atom is 0.251 e. The molecule has 0 spiro atoms. The zero-order valence-corrected chi connectivity index (χ0v) is 21.3. The van der Waals surface area contributed by atoms with Crippen molar-refractivity contribution in [1.82, 2.24) is 9.88 Å². The number of hydrogen-bond acceptors (Lipinski definition) is 4. The van der Waals surface area contributed by atoms with Crippen LogP contribution < -0.4 is 10.1 Å². The SMILES string of the molecule is CCS(=O)(=O)c1ccc(CNC(=O)c2ccc3c(ccn3Cc3c(F)cccc3OC(C)C)c2)cc1. The summed E-state index contributed by atoms with van der Waals surface area (Å²) in [7, 11) is -3.26. The van der Waals surface area contributed by atoms with E-state index >= 15 is 0 Å². The highest BCUT2D eigenvalue weighted by molar-refractivity contribution is 7.91. The standard InChI is InChI=1S/C28H29FN2O4S/c1-4-36(33,34)23-11-8-20(9-12-23)17-30-28(32)22-10-13-26-21(16-22)14-15-31(26)18-24-25(29)6-5-7-27(24)35-19(2)3/h5-16,19H,4,17-18H2,1-3H3,(H,30,32). The predicted octanol–water partition coefficient (Wildman–Crippen LogP) is 5.34. The number of nitrogens with zero attached hydrogens (tertiary/aromatic N) is 1. The van der Waals surface area contributed by atoms with Gasteiger partial charge < -0.3 is 14.6 Å². The number of amides is 1. The van der Waals surface area contributed by atoms with Gasteiger partial charge in [-0.15, -0.1) is 0 Å². The summed E-state index contributed by atoms with van der Waals surface area (Å²) in [5, 5.41) is 3.73. The maximum atomic E-state index is 14.6. The van der Waals surface area contributed by atoms with Crippen molar-refractivity contribution in [3.63, 3.8) is 0 Å². The molecule has 0 fully saturated rings. The average Bonchev–Trinajstić information content (AvgIpc) is 3.26. The van der Waals surface area contributed by atoms with Crippen molar-refractivity contribution in [3.8, 4) is 5.75 Å². The second-order valence-corrected chi connectivity index (χ2v) is 11.1. The molecule has 3 aromatic carbocycles. The first kappa shape index (κ1) is 25.4. The third-order valence-corrected chi connectivity index (χ3v) is 7.67. The van der Waals surface area contributed by atoms with Gasteiger partial charge in [0.25, 0.3) is 5.91 Å². The van der Waals surface area contributed by atoms with Crippen LogP contribution in [0.5, 0.6) is 5.75 Å². The monoisotopic (exact) mass is 508 g/mol. The summed E-state index contributed by atoms with van der Waals surface area (Å²) in [4.78, 5) is 13.0. The molecule has 0 atom stereocenters. The molecule has 0 aliphatic heterocycles. The van der Waals surface area contributed by atoms with Gasteiger partial charge in [-0.05, 0) is 67.9 Å².